The molecule has 0 aromatic carbocycles. The van der Waals surface area contributed by atoms with Crippen LogP contribution < -0.4 is 5.32 Å². The smallest absolute Gasteiger partial charge is 0.0590 e. The summed E-state index contributed by atoms with van der Waals surface area (Å²) >= 11 is 0. The standard InChI is InChI=1S/C17H35NO/c1-4-7-9-15(6-3)13-16(18-11-5-2)14-17-10-8-12-19-17/h15-18H,4-14H2,1-3H3. The van der Waals surface area contributed by atoms with Crippen LogP contribution in [0.15, 0.2) is 0 Å². The topological polar surface area (TPSA) is 21.3 Å². The van der Waals surface area contributed by atoms with Gasteiger partial charge in [-0.3, -0.25) is 0 Å². The molecule has 1 fully saturated rings. The van der Waals surface area contributed by atoms with Gasteiger partial charge in [0.2, 0.25) is 0 Å². The van der Waals surface area contributed by atoms with Gasteiger partial charge in [-0.15, -0.1) is 0 Å². The molecule has 1 heterocycles. The van der Waals surface area contributed by atoms with Crippen LogP contribution in [0.5, 0.6) is 0 Å². The number of hydrogen-bond donors (Lipinski definition) is 1. The second-order valence-corrected chi connectivity index (χ2v) is 6.17. The maximum atomic E-state index is 5.82. The average molecular weight is 269 g/mol. The Labute approximate surface area is 120 Å². The molecule has 114 valence electrons. The lowest BCUT2D eigenvalue weighted by Gasteiger charge is -2.26. The maximum absolute atomic E-state index is 5.82. The molecule has 0 aromatic heterocycles. The van der Waals surface area contributed by atoms with E-state index in [1.807, 2.05) is 0 Å². The highest BCUT2D eigenvalue weighted by Gasteiger charge is 2.22. The van der Waals surface area contributed by atoms with E-state index in [0.717, 1.165) is 19.1 Å². The van der Waals surface area contributed by atoms with Crippen molar-refractivity contribution < 1.29 is 4.74 Å². The second-order valence-electron chi connectivity index (χ2n) is 6.17. The Morgan fingerprint density at radius 2 is 2.05 bits per heavy atom. The third-order valence-electron chi connectivity index (χ3n) is 4.42. The molecule has 1 aliphatic heterocycles. The van der Waals surface area contributed by atoms with Gasteiger partial charge in [0.25, 0.3) is 0 Å². The Morgan fingerprint density at radius 1 is 1.21 bits per heavy atom. The normalized spacial score (nSPS) is 22.6. The van der Waals surface area contributed by atoms with Gasteiger partial charge in [0.1, 0.15) is 0 Å². The molecule has 0 saturated carbocycles. The van der Waals surface area contributed by atoms with Crippen LogP contribution in [0.1, 0.15) is 78.6 Å². The van der Waals surface area contributed by atoms with Gasteiger partial charge in [0.05, 0.1) is 6.10 Å². The summed E-state index contributed by atoms with van der Waals surface area (Å²) in [6.45, 7) is 9.04. The molecule has 0 radical (unpaired) electrons. The van der Waals surface area contributed by atoms with E-state index in [9.17, 15) is 0 Å². The van der Waals surface area contributed by atoms with Crippen molar-refractivity contribution in [3.05, 3.63) is 0 Å². The van der Waals surface area contributed by atoms with E-state index in [1.54, 1.807) is 0 Å². The zero-order chi connectivity index (χ0) is 13.9. The number of unbranched alkanes of at least 4 members (excludes halogenated alkanes) is 1. The molecule has 3 atom stereocenters. The molecule has 0 amide bonds. The molecule has 0 aliphatic carbocycles. The molecule has 19 heavy (non-hydrogen) atoms. The summed E-state index contributed by atoms with van der Waals surface area (Å²) in [7, 11) is 0. The van der Waals surface area contributed by atoms with E-state index in [1.165, 1.54) is 57.8 Å². The van der Waals surface area contributed by atoms with Crippen molar-refractivity contribution in [1.82, 2.24) is 5.32 Å². The molecule has 1 rings (SSSR count). The van der Waals surface area contributed by atoms with E-state index < -0.39 is 0 Å². The van der Waals surface area contributed by atoms with Crippen LogP contribution in [0.3, 0.4) is 0 Å². The molecular weight excluding hydrogens is 234 g/mol. The summed E-state index contributed by atoms with van der Waals surface area (Å²) in [6, 6.07) is 0.671. The average Bonchev–Trinajstić information content (AvgIpc) is 2.93. The van der Waals surface area contributed by atoms with Crippen LogP contribution in [0.4, 0.5) is 0 Å². The molecule has 2 heteroatoms. The zero-order valence-electron chi connectivity index (χ0n) is 13.4. The molecule has 0 aromatic rings. The van der Waals surface area contributed by atoms with Crippen molar-refractivity contribution in [2.24, 2.45) is 5.92 Å². The number of ether oxygens (including phenoxy) is 1. The largest absolute Gasteiger partial charge is 0.378 e. The van der Waals surface area contributed by atoms with Gasteiger partial charge in [-0.1, -0.05) is 46.5 Å². The monoisotopic (exact) mass is 269 g/mol. The first-order valence-electron chi connectivity index (χ1n) is 8.65. The Morgan fingerprint density at radius 3 is 2.63 bits per heavy atom. The van der Waals surface area contributed by atoms with E-state index in [2.05, 4.69) is 26.1 Å². The fourth-order valence-corrected chi connectivity index (χ4v) is 3.14. The van der Waals surface area contributed by atoms with Crippen LogP contribution >= 0.6 is 0 Å². The van der Waals surface area contributed by atoms with Crippen molar-refractivity contribution >= 4 is 0 Å². The van der Waals surface area contributed by atoms with Crippen LogP contribution in [-0.4, -0.2) is 25.3 Å². The highest BCUT2D eigenvalue weighted by Crippen LogP contribution is 2.24. The molecule has 1 N–H and O–H groups in total. The quantitative estimate of drug-likeness (QED) is 0.595. The fraction of sp³-hybridized carbons (Fsp3) is 1.00. The molecule has 0 bridgehead atoms. The minimum Gasteiger partial charge on any atom is -0.378 e. The summed E-state index contributed by atoms with van der Waals surface area (Å²) in [5.74, 6) is 0.899. The summed E-state index contributed by atoms with van der Waals surface area (Å²) in [5, 5.41) is 3.76. The van der Waals surface area contributed by atoms with Crippen LogP contribution in [0, 0.1) is 5.92 Å². The number of rotatable bonds is 11. The molecule has 0 spiro atoms. The molecular formula is C17H35NO. The Balaban J connectivity index is 2.36. The summed E-state index contributed by atoms with van der Waals surface area (Å²) in [5.41, 5.74) is 0. The minimum absolute atomic E-state index is 0.526. The van der Waals surface area contributed by atoms with Gasteiger partial charge in [-0.25, -0.2) is 0 Å². The van der Waals surface area contributed by atoms with E-state index in [-0.39, 0.29) is 0 Å². The lowest BCUT2D eigenvalue weighted by Crippen LogP contribution is -2.35. The first kappa shape index (κ1) is 17.0. The highest BCUT2D eigenvalue weighted by molar-refractivity contribution is 4.77. The number of nitrogens with one attached hydrogen (secondary N) is 1. The van der Waals surface area contributed by atoms with Gasteiger partial charge in [0.15, 0.2) is 0 Å². The Kier molecular flexibility index (Phi) is 9.54. The molecule has 1 aliphatic rings. The van der Waals surface area contributed by atoms with Crippen LogP contribution in [0.25, 0.3) is 0 Å². The fourth-order valence-electron chi connectivity index (χ4n) is 3.14. The third kappa shape index (κ3) is 7.31. The van der Waals surface area contributed by atoms with Crippen molar-refractivity contribution in [3.8, 4) is 0 Å². The van der Waals surface area contributed by atoms with E-state index in [4.69, 9.17) is 4.74 Å². The third-order valence-corrected chi connectivity index (χ3v) is 4.42. The maximum Gasteiger partial charge on any atom is 0.0590 e. The predicted molar refractivity (Wildman–Crippen MR) is 83.6 cm³/mol. The zero-order valence-corrected chi connectivity index (χ0v) is 13.4. The Bertz CT molecular complexity index is 201. The van der Waals surface area contributed by atoms with Crippen LogP contribution in [-0.2, 0) is 4.74 Å². The van der Waals surface area contributed by atoms with Gasteiger partial charge < -0.3 is 10.1 Å². The predicted octanol–water partition coefficient (Wildman–Crippen LogP) is 4.53. The summed E-state index contributed by atoms with van der Waals surface area (Å²) < 4.78 is 5.82. The SMILES string of the molecule is CCCCC(CC)CC(CC1CCCO1)NCCC. The van der Waals surface area contributed by atoms with E-state index in [0.29, 0.717) is 12.1 Å². The summed E-state index contributed by atoms with van der Waals surface area (Å²) in [4.78, 5) is 0. The van der Waals surface area contributed by atoms with Crippen molar-refractivity contribution in [2.75, 3.05) is 13.2 Å². The van der Waals surface area contributed by atoms with E-state index >= 15 is 0 Å². The molecule has 1 saturated heterocycles. The van der Waals surface area contributed by atoms with Crippen molar-refractivity contribution in [3.63, 3.8) is 0 Å². The van der Waals surface area contributed by atoms with Crippen molar-refractivity contribution in [2.45, 2.75) is 90.7 Å². The van der Waals surface area contributed by atoms with Gasteiger partial charge in [-0.05, 0) is 44.6 Å². The van der Waals surface area contributed by atoms with Gasteiger partial charge >= 0.3 is 0 Å². The summed E-state index contributed by atoms with van der Waals surface area (Å²) in [6.07, 6.45) is 12.3. The minimum atomic E-state index is 0.526. The van der Waals surface area contributed by atoms with Crippen LogP contribution in [0.2, 0.25) is 0 Å². The molecule has 2 nitrogen and oxygen atoms in total. The van der Waals surface area contributed by atoms with Gasteiger partial charge in [-0.2, -0.15) is 0 Å². The lowest BCUT2D eigenvalue weighted by atomic mass is 9.89. The second kappa shape index (κ2) is 10.7. The Hall–Kier alpha value is -0.0800. The first-order chi connectivity index (χ1) is 9.30. The highest BCUT2D eigenvalue weighted by atomic mass is 16.5. The van der Waals surface area contributed by atoms with Gasteiger partial charge in [0, 0.05) is 12.6 Å². The molecule has 3 unspecified atom stereocenters. The van der Waals surface area contributed by atoms with Crippen molar-refractivity contribution in [1.29, 1.82) is 0 Å². The number of hydrogen-bond acceptors (Lipinski definition) is 2. The first-order valence-corrected chi connectivity index (χ1v) is 8.65. The lowest BCUT2D eigenvalue weighted by molar-refractivity contribution is 0.0910.